The van der Waals surface area contributed by atoms with Crippen molar-refractivity contribution in [2.24, 2.45) is 7.05 Å². The molecule has 0 saturated carbocycles. The molecule has 0 unspecified atom stereocenters. The summed E-state index contributed by atoms with van der Waals surface area (Å²) < 4.78 is 9.61. The van der Waals surface area contributed by atoms with Crippen LogP contribution < -0.4 is 0 Å². The summed E-state index contributed by atoms with van der Waals surface area (Å²) in [5.74, 6) is 0.00288. The molecule has 26 heavy (non-hydrogen) atoms. The lowest BCUT2D eigenvalue weighted by molar-refractivity contribution is -0.0685. The van der Waals surface area contributed by atoms with E-state index in [2.05, 4.69) is 15.1 Å². The third-order valence-electron chi connectivity index (χ3n) is 4.73. The third-order valence-corrected chi connectivity index (χ3v) is 4.73. The van der Waals surface area contributed by atoms with Crippen LogP contribution >= 0.6 is 0 Å². The van der Waals surface area contributed by atoms with Gasteiger partial charge in [0.2, 0.25) is 0 Å². The van der Waals surface area contributed by atoms with Crippen LogP contribution in [0, 0.1) is 6.92 Å². The number of carbonyl (C=O) groups excluding carboxylic acids is 1. The molecular weight excluding hydrogens is 332 g/mol. The van der Waals surface area contributed by atoms with Crippen LogP contribution in [-0.4, -0.2) is 75.2 Å². The van der Waals surface area contributed by atoms with E-state index in [0.717, 1.165) is 24.3 Å². The molecule has 2 atom stereocenters. The molecule has 0 aliphatic carbocycles. The summed E-state index contributed by atoms with van der Waals surface area (Å²) >= 11 is 0. The van der Waals surface area contributed by atoms with Crippen LogP contribution in [0.4, 0.5) is 0 Å². The maximum Gasteiger partial charge on any atom is 0.258 e. The van der Waals surface area contributed by atoms with Crippen molar-refractivity contribution in [1.29, 1.82) is 0 Å². The Balaban J connectivity index is 1.96. The second-order valence-electron chi connectivity index (χ2n) is 7.05. The van der Waals surface area contributed by atoms with Gasteiger partial charge >= 0.3 is 0 Å². The monoisotopic (exact) mass is 360 g/mol. The maximum absolute atomic E-state index is 13.3. The van der Waals surface area contributed by atoms with Gasteiger partial charge in [0.15, 0.2) is 0 Å². The first kappa shape index (κ1) is 18.6. The molecule has 0 N–H and O–H groups in total. The van der Waals surface area contributed by atoms with Crippen molar-refractivity contribution >= 4 is 5.91 Å². The Kier molecular flexibility index (Phi) is 5.43. The average molecular weight is 360 g/mol. The van der Waals surface area contributed by atoms with Gasteiger partial charge in [0, 0.05) is 44.6 Å². The van der Waals surface area contributed by atoms with Gasteiger partial charge in [0.1, 0.15) is 0 Å². The van der Waals surface area contributed by atoms with Crippen LogP contribution in [0.3, 0.4) is 0 Å². The fraction of sp³-hybridized carbons (Fsp3) is 0.611. The molecule has 1 saturated heterocycles. The van der Waals surface area contributed by atoms with Gasteiger partial charge in [-0.1, -0.05) is 0 Å². The molecule has 1 amide bonds. The normalized spacial score (nSPS) is 20.8. The Bertz CT molecular complexity index is 766. The zero-order valence-corrected chi connectivity index (χ0v) is 16.2. The molecular formula is C18H28N6O2. The predicted molar refractivity (Wildman–Crippen MR) is 97.9 cm³/mol. The highest BCUT2D eigenvalue weighted by Crippen LogP contribution is 2.31. The Morgan fingerprint density at radius 1 is 1.38 bits per heavy atom. The Labute approximate surface area is 154 Å². The number of rotatable bonds is 5. The van der Waals surface area contributed by atoms with E-state index in [9.17, 15) is 4.79 Å². The lowest BCUT2D eigenvalue weighted by Gasteiger charge is -2.41. The predicted octanol–water partition coefficient (Wildman–Crippen LogP) is 1.09. The number of aryl methyl sites for hydroxylation is 3. The molecule has 0 spiro atoms. The minimum atomic E-state index is -0.170. The van der Waals surface area contributed by atoms with Crippen molar-refractivity contribution in [2.75, 3.05) is 33.8 Å². The van der Waals surface area contributed by atoms with Crippen molar-refractivity contribution in [3.8, 4) is 0 Å². The van der Waals surface area contributed by atoms with E-state index in [-0.39, 0.29) is 18.1 Å². The van der Waals surface area contributed by atoms with Gasteiger partial charge in [0.05, 0.1) is 36.2 Å². The van der Waals surface area contributed by atoms with Crippen LogP contribution in [0.15, 0.2) is 18.6 Å². The van der Waals surface area contributed by atoms with Crippen LogP contribution in [-0.2, 0) is 18.3 Å². The minimum Gasteiger partial charge on any atom is -0.373 e. The van der Waals surface area contributed by atoms with Crippen LogP contribution in [0.5, 0.6) is 0 Å². The molecule has 8 heteroatoms. The molecule has 0 radical (unpaired) electrons. The number of hydrogen-bond donors (Lipinski definition) is 0. The van der Waals surface area contributed by atoms with Gasteiger partial charge in [0.25, 0.3) is 5.91 Å². The summed E-state index contributed by atoms with van der Waals surface area (Å²) in [6.45, 7) is 6.46. The fourth-order valence-electron chi connectivity index (χ4n) is 3.51. The minimum absolute atomic E-state index is 0.00288. The average Bonchev–Trinajstić information content (AvgIpc) is 3.19. The van der Waals surface area contributed by atoms with E-state index in [4.69, 9.17) is 4.74 Å². The third kappa shape index (κ3) is 3.66. The molecule has 2 aromatic rings. The first-order valence-electron chi connectivity index (χ1n) is 9.00. The van der Waals surface area contributed by atoms with E-state index < -0.39 is 0 Å². The summed E-state index contributed by atoms with van der Waals surface area (Å²) in [6, 6.07) is -0.170. The second-order valence-corrected chi connectivity index (χ2v) is 7.05. The zero-order valence-electron chi connectivity index (χ0n) is 16.2. The summed E-state index contributed by atoms with van der Waals surface area (Å²) in [5, 5.41) is 8.73. The second kappa shape index (κ2) is 7.59. The van der Waals surface area contributed by atoms with E-state index >= 15 is 0 Å². The summed E-state index contributed by atoms with van der Waals surface area (Å²) in [4.78, 5) is 17.3. The largest absolute Gasteiger partial charge is 0.373 e. The SMILES string of the molecule is CCn1cc(C(=O)N2CCO[C@@H](CN(C)C)[C@@H]2c2cnn(C)c2)c(C)n1. The van der Waals surface area contributed by atoms with Crippen LogP contribution in [0.2, 0.25) is 0 Å². The maximum atomic E-state index is 13.3. The van der Waals surface area contributed by atoms with E-state index in [1.807, 2.05) is 58.5 Å². The lowest BCUT2D eigenvalue weighted by Crippen LogP contribution is -2.51. The van der Waals surface area contributed by atoms with Gasteiger partial charge in [-0.3, -0.25) is 14.2 Å². The number of likely N-dealkylation sites (N-methyl/N-ethyl adjacent to an activating group) is 1. The smallest absolute Gasteiger partial charge is 0.258 e. The van der Waals surface area contributed by atoms with Gasteiger partial charge in [-0.05, 0) is 27.9 Å². The number of aromatic nitrogens is 4. The number of morpholine rings is 1. The summed E-state index contributed by atoms with van der Waals surface area (Å²) in [6.07, 6.45) is 5.53. The van der Waals surface area contributed by atoms with Gasteiger partial charge in [-0.25, -0.2) is 0 Å². The molecule has 1 aliphatic rings. The van der Waals surface area contributed by atoms with Crippen molar-refractivity contribution in [1.82, 2.24) is 29.4 Å². The van der Waals surface area contributed by atoms with E-state index in [1.165, 1.54) is 0 Å². The standard InChI is InChI=1S/C18H28N6O2/c1-6-23-11-15(13(2)20-23)18(25)24-7-8-26-16(12-21(3)4)17(24)14-9-19-22(5)10-14/h9-11,16-17H,6-8,12H2,1-5H3/t16-,17-/m0/s1. The Morgan fingerprint density at radius 2 is 2.15 bits per heavy atom. The highest BCUT2D eigenvalue weighted by Gasteiger charge is 2.38. The lowest BCUT2D eigenvalue weighted by atomic mass is 9.99. The van der Waals surface area contributed by atoms with E-state index in [0.29, 0.717) is 18.7 Å². The first-order chi connectivity index (χ1) is 12.4. The fourth-order valence-corrected chi connectivity index (χ4v) is 3.51. The van der Waals surface area contributed by atoms with Crippen molar-refractivity contribution in [2.45, 2.75) is 32.5 Å². The van der Waals surface area contributed by atoms with Crippen LogP contribution in [0.1, 0.15) is 34.6 Å². The molecule has 0 aromatic carbocycles. The van der Waals surface area contributed by atoms with Crippen molar-refractivity contribution in [3.05, 3.63) is 35.4 Å². The number of nitrogens with zero attached hydrogens (tertiary/aromatic N) is 6. The first-order valence-corrected chi connectivity index (χ1v) is 9.00. The number of amides is 1. The quantitative estimate of drug-likeness (QED) is 0.798. The molecule has 0 bridgehead atoms. The van der Waals surface area contributed by atoms with Crippen molar-refractivity contribution in [3.63, 3.8) is 0 Å². The van der Waals surface area contributed by atoms with Gasteiger partial charge in [-0.15, -0.1) is 0 Å². The number of ether oxygens (including phenoxy) is 1. The molecule has 3 rings (SSSR count). The van der Waals surface area contributed by atoms with Crippen LogP contribution in [0.25, 0.3) is 0 Å². The molecule has 142 valence electrons. The molecule has 3 heterocycles. The molecule has 1 fully saturated rings. The highest BCUT2D eigenvalue weighted by molar-refractivity contribution is 5.95. The Hall–Kier alpha value is -2.19. The highest BCUT2D eigenvalue weighted by atomic mass is 16.5. The number of carbonyl (C=O) groups is 1. The topological polar surface area (TPSA) is 68.4 Å². The molecule has 8 nitrogen and oxygen atoms in total. The molecule has 2 aromatic heterocycles. The van der Waals surface area contributed by atoms with E-state index in [1.54, 1.807) is 9.36 Å². The summed E-state index contributed by atoms with van der Waals surface area (Å²) in [5.41, 5.74) is 2.41. The molecule has 1 aliphatic heterocycles. The van der Waals surface area contributed by atoms with Crippen molar-refractivity contribution < 1.29 is 9.53 Å². The Morgan fingerprint density at radius 3 is 2.73 bits per heavy atom. The van der Waals surface area contributed by atoms with Gasteiger partial charge in [-0.2, -0.15) is 10.2 Å². The number of hydrogen-bond acceptors (Lipinski definition) is 5. The zero-order chi connectivity index (χ0) is 18.8. The van der Waals surface area contributed by atoms with Gasteiger partial charge < -0.3 is 14.5 Å². The summed E-state index contributed by atoms with van der Waals surface area (Å²) in [7, 11) is 5.91.